The lowest BCUT2D eigenvalue weighted by atomic mass is 10.0. The molecule has 0 radical (unpaired) electrons. The molecule has 1 aromatic heterocycles. The minimum atomic E-state index is -0.707. The number of rotatable bonds is 3. The smallest absolute Gasteiger partial charge is 0.247 e. The number of aromatic nitrogens is 1. The predicted octanol–water partition coefficient (Wildman–Crippen LogP) is 0.146. The SMILES string of the molecule is CC[C@H](N)[C@H](O)c1ccc(=O)[nH]c1. The second kappa shape index (κ2) is 4.20. The van der Waals surface area contributed by atoms with Gasteiger partial charge in [0.15, 0.2) is 0 Å². The van der Waals surface area contributed by atoms with Gasteiger partial charge in [-0.3, -0.25) is 4.79 Å². The number of H-pyrrole nitrogens is 1. The number of hydrogen-bond acceptors (Lipinski definition) is 3. The van der Waals surface area contributed by atoms with Crippen LogP contribution in [0, 0.1) is 0 Å². The van der Waals surface area contributed by atoms with Crippen LogP contribution < -0.4 is 11.3 Å². The molecule has 4 nitrogen and oxygen atoms in total. The van der Waals surface area contributed by atoms with Crippen molar-refractivity contribution in [3.8, 4) is 0 Å². The van der Waals surface area contributed by atoms with Gasteiger partial charge in [-0.05, 0) is 18.1 Å². The Hall–Kier alpha value is -1.13. The monoisotopic (exact) mass is 182 g/mol. The first-order chi connectivity index (χ1) is 6.15. The highest BCUT2D eigenvalue weighted by Crippen LogP contribution is 2.14. The maximum Gasteiger partial charge on any atom is 0.247 e. The van der Waals surface area contributed by atoms with Crippen molar-refractivity contribution in [3.63, 3.8) is 0 Å². The van der Waals surface area contributed by atoms with Crippen LogP contribution >= 0.6 is 0 Å². The molecule has 72 valence electrons. The lowest BCUT2D eigenvalue weighted by molar-refractivity contribution is 0.144. The first kappa shape index (κ1) is 9.95. The summed E-state index contributed by atoms with van der Waals surface area (Å²) in [5.41, 5.74) is 6.11. The minimum Gasteiger partial charge on any atom is -0.387 e. The Balaban J connectivity index is 2.83. The van der Waals surface area contributed by atoms with Crippen LogP contribution in [0.15, 0.2) is 23.1 Å². The molecule has 13 heavy (non-hydrogen) atoms. The molecule has 0 saturated carbocycles. The molecule has 1 rings (SSSR count). The Morgan fingerprint density at radius 3 is 2.77 bits per heavy atom. The second-order valence-corrected chi connectivity index (χ2v) is 3.00. The van der Waals surface area contributed by atoms with E-state index >= 15 is 0 Å². The minimum absolute atomic E-state index is 0.180. The van der Waals surface area contributed by atoms with Crippen LogP contribution in [0.3, 0.4) is 0 Å². The number of nitrogens with one attached hydrogen (secondary N) is 1. The van der Waals surface area contributed by atoms with E-state index in [4.69, 9.17) is 5.73 Å². The normalized spacial score (nSPS) is 15.3. The average Bonchev–Trinajstić information content (AvgIpc) is 2.17. The Bertz CT molecular complexity index is 301. The molecule has 0 aliphatic rings. The zero-order valence-electron chi connectivity index (χ0n) is 7.53. The summed E-state index contributed by atoms with van der Waals surface area (Å²) in [4.78, 5) is 13.2. The van der Waals surface area contributed by atoms with Crippen LogP contribution in [0.1, 0.15) is 25.0 Å². The van der Waals surface area contributed by atoms with Gasteiger partial charge in [-0.15, -0.1) is 0 Å². The quantitative estimate of drug-likeness (QED) is 0.622. The van der Waals surface area contributed by atoms with E-state index in [2.05, 4.69) is 4.98 Å². The topological polar surface area (TPSA) is 79.1 Å². The number of aliphatic hydroxyl groups excluding tert-OH is 1. The highest BCUT2D eigenvalue weighted by molar-refractivity contribution is 5.13. The largest absolute Gasteiger partial charge is 0.387 e. The van der Waals surface area contributed by atoms with E-state index in [1.54, 1.807) is 6.07 Å². The van der Waals surface area contributed by atoms with E-state index in [1.807, 2.05) is 6.92 Å². The Morgan fingerprint density at radius 2 is 2.31 bits per heavy atom. The summed E-state index contributed by atoms with van der Waals surface area (Å²) < 4.78 is 0. The fourth-order valence-electron chi connectivity index (χ4n) is 1.08. The number of hydrogen-bond donors (Lipinski definition) is 3. The third kappa shape index (κ3) is 2.40. The first-order valence-corrected chi connectivity index (χ1v) is 4.27. The lowest BCUT2D eigenvalue weighted by Gasteiger charge is -2.16. The molecule has 0 aromatic carbocycles. The van der Waals surface area contributed by atoms with Crippen molar-refractivity contribution in [2.24, 2.45) is 5.73 Å². The van der Waals surface area contributed by atoms with Gasteiger partial charge in [0.1, 0.15) is 0 Å². The molecule has 0 aliphatic carbocycles. The summed E-state index contributed by atoms with van der Waals surface area (Å²) in [5.74, 6) is 0. The first-order valence-electron chi connectivity index (χ1n) is 4.27. The van der Waals surface area contributed by atoms with Gasteiger partial charge in [-0.2, -0.15) is 0 Å². The van der Waals surface area contributed by atoms with E-state index in [0.717, 1.165) is 0 Å². The zero-order chi connectivity index (χ0) is 9.84. The highest BCUT2D eigenvalue weighted by atomic mass is 16.3. The van der Waals surface area contributed by atoms with Crippen LogP contribution in [0.2, 0.25) is 0 Å². The molecule has 0 amide bonds. The van der Waals surface area contributed by atoms with E-state index in [-0.39, 0.29) is 11.6 Å². The zero-order valence-corrected chi connectivity index (χ0v) is 7.53. The fourth-order valence-corrected chi connectivity index (χ4v) is 1.08. The molecule has 0 spiro atoms. The van der Waals surface area contributed by atoms with Gasteiger partial charge in [0, 0.05) is 18.3 Å². The molecule has 0 bridgehead atoms. The molecule has 0 aliphatic heterocycles. The van der Waals surface area contributed by atoms with Gasteiger partial charge in [0.05, 0.1) is 6.10 Å². The van der Waals surface area contributed by atoms with E-state index in [9.17, 15) is 9.90 Å². The van der Waals surface area contributed by atoms with Gasteiger partial charge in [-0.1, -0.05) is 6.92 Å². The number of aromatic amines is 1. The standard InChI is InChI=1S/C9H14N2O2/c1-2-7(10)9(13)6-3-4-8(12)11-5-6/h3-5,7,9,13H,2,10H2,1H3,(H,11,12)/t7-,9+/m0/s1. The Morgan fingerprint density at radius 1 is 1.62 bits per heavy atom. The van der Waals surface area contributed by atoms with E-state index in [1.165, 1.54) is 12.3 Å². The Labute approximate surface area is 76.4 Å². The fraction of sp³-hybridized carbons (Fsp3) is 0.444. The summed E-state index contributed by atoms with van der Waals surface area (Å²) in [6.45, 7) is 1.90. The van der Waals surface area contributed by atoms with Crippen molar-refractivity contribution in [1.29, 1.82) is 0 Å². The van der Waals surface area contributed by atoms with E-state index < -0.39 is 6.10 Å². The van der Waals surface area contributed by atoms with Crippen molar-refractivity contribution in [1.82, 2.24) is 4.98 Å². The van der Waals surface area contributed by atoms with Crippen LogP contribution in [0.4, 0.5) is 0 Å². The molecule has 4 N–H and O–H groups in total. The lowest BCUT2D eigenvalue weighted by Crippen LogP contribution is -2.27. The molecule has 0 unspecified atom stereocenters. The van der Waals surface area contributed by atoms with Gasteiger partial charge in [0.25, 0.3) is 0 Å². The van der Waals surface area contributed by atoms with Crippen molar-refractivity contribution in [3.05, 3.63) is 34.2 Å². The molecule has 4 heteroatoms. The third-order valence-electron chi connectivity index (χ3n) is 2.03. The third-order valence-corrected chi connectivity index (χ3v) is 2.03. The van der Waals surface area contributed by atoms with Crippen molar-refractivity contribution < 1.29 is 5.11 Å². The highest BCUT2D eigenvalue weighted by Gasteiger charge is 2.14. The molecule has 2 atom stereocenters. The molecule has 1 aromatic rings. The Kier molecular flexibility index (Phi) is 3.22. The maximum atomic E-state index is 10.7. The van der Waals surface area contributed by atoms with Crippen molar-refractivity contribution >= 4 is 0 Å². The summed E-state index contributed by atoms with van der Waals surface area (Å²) >= 11 is 0. The van der Waals surface area contributed by atoms with Crippen LogP contribution in [-0.2, 0) is 0 Å². The van der Waals surface area contributed by atoms with Gasteiger partial charge >= 0.3 is 0 Å². The summed E-state index contributed by atoms with van der Waals surface area (Å²) in [7, 11) is 0. The average molecular weight is 182 g/mol. The summed E-state index contributed by atoms with van der Waals surface area (Å²) in [5, 5.41) is 9.63. The number of pyridine rings is 1. The van der Waals surface area contributed by atoms with Crippen LogP contribution in [0.5, 0.6) is 0 Å². The number of nitrogens with two attached hydrogens (primary N) is 1. The molecular weight excluding hydrogens is 168 g/mol. The van der Waals surface area contributed by atoms with Crippen molar-refractivity contribution in [2.45, 2.75) is 25.5 Å². The summed E-state index contributed by atoms with van der Waals surface area (Å²) in [6, 6.07) is 2.67. The van der Waals surface area contributed by atoms with Gasteiger partial charge in [0.2, 0.25) is 5.56 Å². The van der Waals surface area contributed by atoms with Gasteiger partial charge < -0.3 is 15.8 Å². The molecule has 0 fully saturated rings. The summed E-state index contributed by atoms with van der Waals surface area (Å²) in [6.07, 6.45) is 1.48. The van der Waals surface area contributed by atoms with Crippen LogP contribution in [-0.4, -0.2) is 16.1 Å². The predicted molar refractivity (Wildman–Crippen MR) is 50.3 cm³/mol. The maximum absolute atomic E-state index is 10.7. The molecule has 0 saturated heterocycles. The second-order valence-electron chi connectivity index (χ2n) is 3.00. The van der Waals surface area contributed by atoms with Crippen LogP contribution in [0.25, 0.3) is 0 Å². The van der Waals surface area contributed by atoms with Crippen molar-refractivity contribution in [2.75, 3.05) is 0 Å². The molecular formula is C9H14N2O2. The van der Waals surface area contributed by atoms with E-state index in [0.29, 0.717) is 12.0 Å². The number of aliphatic hydroxyl groups is 1. The van der Waals surface area contributed by atoms with Gasteiger partial charge in [-0.25, -0.2) is 0 Å². The molecule has 1 heterocycles.